The molecule has 0 radical (unpaired) electrons. The molecular formula is C17H26N2O3. The summed E-state index contributed by atoms with van der Waals surface area (Å²) in [4.78, 5) is 14.5. The lowest BCUT2D eigenvalue weighted by Gasteiger charge is -2.25. The van der Waals surface area contributed by atoms with Crippen molar-refractivity contribution in [1.82, 2.24) is 4.90 Å². The van der Waals surface area contributed by atoms with Gasteiger partial charge in [-0.1, -0.05) is 0 Å². The van der Waals surface area contributed by atoms with Crippen LogP contribution < -0.4 is 10.1 Å². The summed E-state index contributed by atoms with van der Waals surface area (Å²) in [7, 11) is 5.64. The van der Waals surface area contributed by atoms with E-state index in [-0.39, 0.29) is 5.91 Å². The maximum absolute atomic E-state index is 12.4. The quantitative estimate of drug-likeness (QED) is 0.841. The van der Waals surface area contributed by atoms with Gasteiger partial charge >= 0.3 is 0 Å². The maximum Gasteiger partial charge on any atom is 0.256 e. The molecule has 0 bridgehead atoms. The summed E-state index contributed by atoms with van der Waals surface area (Å²) in [5.41, 5.74) is 0.120. The van der Waals surface area contributed by atoms with Gasteiger partial charge in [0.15, 0.2) is 0 Å². The number of nitrogens with zero attached hydrogens (tertiary/aromatic N) is 1. The third-order valence-corrected chi connectivity index (χ3v) is 4.14. The van der Waals surface area contributed by atoms with Gasteiger partial charge in [-0.25, -0.2) is 0 Å². The first kappa shape index (κ1) is 16.8. The van der Waals surface area contributed by atoms with Gasteiger partial charge in [0, 0.05) is 19.3 Å². The summed E-state index contributed by atoms with van der Waals surface area (Å²) in [5.74, 6) is 0.760. The number of benzene rings is 1. The molecule has 1 aliphatic rings. The Morgan fingerprint density at radius 1 is 1.23 bits per heavy atom. The first-order chi connectivity index (χ1) is 10.6. The van der Waals surface area contributed by atoms with E-state index in [2.05, 4.69) is 10.2 Å². The van der Waals surface area contributed by atoms with E-state index in [1.54, 1.807) is 7.11 Å². The van der Waals surface area contributed by atoms with E-state index in [4.69, 9.17) is 9.47 Å². The molecule has 0 aromatic heterocycles. The SMILES string of the molecule is COC1(C(=O)Nc2ccc(OCCN(C)C)cc2)CCCC1. The minimum Gasteiger partial charge on any atom is -0.492 e. The van der Waals surface area contributed by atoms with Crippen LogP contribution in [-0.2, 0) is 9.53 Å². The van der Waals surface area contributed by atoms with E-state index in [9.17, 15) is 4.79 Å². The number of hydrogen-bond acceptors (Lipinski definition) is 4. The molecular weight excluding hydrogens is 280 g/mol. The molecule has 0 aliphatic heterocycles. The first-order valence-electron chi connectivity index (χ1n) is 7.80. The van der Waals surface area contributed by atoms with Crippen LogP contribution in [0.15, 0.2) is 24.3 Å². The molecule has 0 saturated heterocycles. The number of ether oxygens (including phenoxy) is 2. The van der Waals surface area contributed by atoms with Crippen molar-refractivity contribution in [2.75, 3.05) is 39.7 Å². The number of nitrogens with one attached hydrogen (secondary N) is 1. The van der Waals surface area contributed by atoms with Crippen LogP contribution in [0.3, 0.4) is 0 Å². The second kappa shape index (κ2) is 7.61. The molecule has 1 aromatic carbocycles. The normalized spacial score (nSPS) is 16.7. The lowest BCUT2D eigenvalue weighted by Crippen LogP contribution is -2.42. The standard InChI is InChI=1S/C17H26N2O3/c1-19(2)12-13-22-15-8-6-14(7-9-15)18-16(20)17(21-3)10-4-5-11-17/h6-9H,4-5,10-13H2,1-3H3,(H,18,20). The second-order valence-electron chi connectivity index (χ2n) is 6.04. The lowest BCUT2D eigenvalue weighted by atomic mass is 10.0. The van der Waals surface area contributed by atoms with E-state index in [1.807, 2.05) is 38.4 Å². The van der Waals surface area contributed by atoms with Gasteiger partial charge in [0.2, 0.25) is 0 Å². The highest BCUT2D eigenvalue weighted by Crippen LogP contribution is 2.33. The predicted molar refractivity (Wildman–Crippen MR) is 87.3 cm³/mol. The topological polar surface area (TPSA) is 50.8 Å². The summed E-state index contributed by atoms with van der Waals surface area (Å²) in [6.45, 7) is 1.51. The predicted octanol–water partition coefficient (Wildman–Crippen LogP) is 2.52. The molecule has 1 N–H and O–H groups in total. The van der Waals surface area contributed by atoms with Crippen molar-refractivity contribution in [3.05, 3.63) is 24.3 Å². The largest absolute Gasteiger partial charge is 0.492 e. The van der Waals surface area contributed by atoms with Gasteiger partial charge in [-0.15, -0.1) is 0 Å². The zero-order chi connectivity index (χ0) is 16.0. The average molecular weight is 306 g/mol. The molecule has 1 saturated carbocycles. The Balaban J connectivity index is 1.89. The summed E-state index contributed by atoms with van der Waals surface area (Å²) < 4.78 is 11.1. The highest BCUT2D eigenvalue weighted by atomic mass is 16.5. The van der Waals surface area contributed by atoms with E-state index < -0.39 is 5.60 Å². The van der Waals surface area contributed by atoms with Crippen LogP contribution in [0.5, 0.6) is 5.75 Å². The molecule has 5 nitrogen and oxygen atoms in total. The molecule has 22 heavy (non-hydrogen) atoms. The van der Waals surface area contributed by atoms with Crippen molar-refractivity contribution in [2.24, 2.45) is 0 Å². The Labute approximate surface area is 132 Å². The van der Waals surface area contributed by atoms with E-state index in [0.717, 1.165) is 43.7 Å². The van der Waals surface area contributed by atoms with Crippen molar-refractivity contribution in [1.29, 1.82) is 0 Å². The van der Waals surface area contributed by atoms with Crippen LogP contribution in [0, 0.1) is 0 Å². The van der Waals surface area contributed by atoms with E-state index >= 15 is 0 Å². The van der Waals surface area contributed by atoms with Crippen molar-refractivity contribution >= 4 is 11.6 Å². The lowest BCUT2D eigenvalue weighted by molar-refractivity contribution is -0.136. The minimum atomic E-state index is -0.652. The number of likely N-dealkylation sites (N-methyl/N-ethyl adjacent to an activating group) is 1. The molecule has 1 fully saturated rings. The highest BCUT2D eigenvalue weighted by Gasteiger charge is 2.41. The number of amides is 1. The number of carbonyl (C=O) groups is 1. The zero-order valence-corrected chi connectivity index (χ0v) is 13.7. The monoisotopic (exact) mass is 306 g/mol. The van der Waals surface area contributed by atoms with Crippen molar-refractivity contribution < 1.29 is 14.3 Å². The van der Waals surface area contributed by atoms with E-state index in [1.165, 1.54) is 0 Å². The van der Waals surface area contributed by atoms with Gasteiger partial charge in [-0.2, -0.15) is 0 Å². The Morgan fingerprint density at radius 3 is 2.41 bits per heavy atom. The average Bonchev–Trinajstić information content (AvgIpc) is 2.99. The van der Waals surface area contributed by atoms with Crippen LogP contribution in [0.1, 0.15) is 25.7 Å². The first-order valence-corrected chi connectivity index (χ1v) is 7.80. The number of anilines is 1. The van der Waals surface area contributed by atoms with Gasteiger partial charge in [-0.3, -0.25) is 4.79 Å². The summed E-state index contributed by atoms with van der Waals surface area (Å²) in [5, 5.41) is 2.95. The van der Waals surface area contributed by atoms with Crippen molar-refractivity contribution in [3.63, 3.8) is 0 Å². The van der Waals surface area contributed by atoms with Crippen LogP contribution >= 0.6 is 0 Å². The molecule has 0 spiro atoms. The summed E-state index contributed by atoms with van der Waals surface area (Å²) >= 11 is 0. The molecule has 0 unspecified atom stereocenters. The third-order valence-electron chi connectivity index (χ3n) is 4.14. The van der Waals surface area contributed by atoms with Gasteiger partial charge < -0.3 is 19.7 Å². The summed E-state index contributed by atoms with van der Waals surface area (Å²) in [6, 6.07) is 7.47. The van der Waals surface area contributed by atoms with Gasteiger partial charge in [0.25, 0.3) is 5.91 Å². The Kier molecular flexibility index (Phi) is 5.80. The van der Waals surface area contributed by atoms with Crippen LogP contribution in [0.2, 0.25) is 0 Å². The van der Waals surface area contributed by atoms with Crippen LogP contribution in [-0.4, -0.2) is 50.8 Å². The number of methoxy groups -OCH3 is 1. The number of carbonyl (C=O) groups excluding carboxylic acids is 1. The molecule has 0 atom stereocenters. The Morgan fingerprint density at radius 2 is 1.86 bits per heavy atom. The molecule has 1 amide bonds. The minimum absolute atomic E-state index is 0.0474. The fraction of sp³-hybridized carbons (Fsp3) is 0.588. The fourth-order valence-electron chi connectivity index (χ4n) is 2.70. The van der Waals surface area contributed by atoms with Gasteiger partial charge in [-0.05, 0) is 64.0 Å². The number of hydrogen-bond donors (Lipinski definition) is 1. The van der Waals surface area contributed by atoms with E-state index in [0.29, 0.717) is 6.61 Å². The second-order valence-corrected chi connectivity index (χ2v) is 6.04. The number of rotatable bonds is 7. The Bertz CT molecular complexity index is 479. The molecule has 2 rings (SSSR count). The maximum atomic E-state index is 12.4. The molecule has 122 valence electrons. The van der Waals surface area contributed by atoms with Crippen LogP contribution in [0.25, 0.3) is 0 Å². The zero-order valence-electron chi connectivity index (χ0n) is 13.7. The van der Waals surface area contributed by atoms with Gasteiger partial charge in [0.1, 0.15) is 18.0 Å². The highest BCUT2D eigenvalue weighted by molar-refractivity contribution is 5.97. The summed E-state index contributed by atoms with van der Waals surface area (Å²) in [6.07, 6.45) is 3.67. The molecule has 1 aromatic rings. The van der Waals surface area contributed by atoms with Gasteiger partial charge in [0.05, 0.1) is 0 Å². The molecule has 5 heteroatoms. The Hall–Kier alpha value is -1.59. The fourth-order valence-corrected chi connectivity index (χ4v) is 2.70. The van der Waals surface area contributed by atoms with Crippen molar-refractivity contribution in [3.8, 4) is 5.75 Å². The molecule has 0 heterocycles. The van der Waals surface area contributed by atoms with Crippen LogP contribution in [0.4, 0.5) is 5.69 Å². The smallest absolute Gasteiger partial charge is 0.256 e. The van der Waals surface area contributed by atoms with Crippen molar-refractivity contribution in [2.45, 2.75) is 31.3 Å². The third kappa shape index (κ3) is 4.21. The molecule has 1 aliphatic carbocycles.